The molecule has 0 spiro atoms. The lowest BCUT2D eigenvalue weighted by Crippen LogP contribution is -2.51. The largest absolute Gasteiger partial charge is 0.481 e. The number of rotatable bonds is 19. The molecule has 1 aromatic heterocycles. The van der Waals surface area contributed by atoms with Gasteiger partial charge in [-0.1, -0.05) is 116 Å². The third-order valence-corrected chi connectivity index (χ3v) is 14.9. The summed E-state index contributed by atoms with van der Waals surface area (Å²) in [6.45, 7) is 3.70. The molecule has 0 radical (unpaired) electrons. The number of phosphoric ester groups is 2. The summed E-state index contributed by atoms with van der Waals surface area (Å²) in [5.41, 5.74) is 4.74. The molecule has 0 amide bonds. The third kappa shape index (κ3) is 22.0. The van der Waals surface area contributed by atoms with Crippen LogP contribution in [0.4, 0.5) is 5.82 Å². The van der Waals surface area contributed by atoms with Crippen LogP contribution in [-0.4, -0.2) is 114 Å². The lowest BCUT2D eigenvalue weighted by Gasteiger charge is -2.38. The number of unbranched alkanes of at least 4 members (excludes halogenated alkanes) is 7. The first-order valence-electron chi connectivity index (χ1n) is 24.2. The van der Waals surface area contributed by atoms with Crippen molar-refractivity contribution in [2.75, 3.05) is 25.6 Å². The number of nitrogens with two attached hydrogens (primary N) is 1. The number of carbonyl (C=O) groups is 3. The first kappa shape index (κ1) is 59.4. The monoisotopic (exact) mass is 1010 g/mol. The number of aliphatic hydroxyl groups excluding tert-OH is 4. The standard InChI is InChI=1S/C45H77N3O18P2/c1-4-6-13-19-32(49)23-24-34-36(50)27-37(51)35-20-15-11-12-17-22-41(53)64-33(28-61-40(52)21-16-10-8-7-9-14-18-31(3)5-2)29-62-67(57,58)66-68(59,60)63-30-38(43(55)42(34)54)65-44(35)48-26-25-39(46)47-45(48)56/h23-26,31-36,38,42-44,49-50,54-55H,4-22,27-30H2,1-3H3,(H,57,58)(H,59,60)(H2,46,47,56)/b24-23-/t31?,32-,33+,34-,35-,36+,38+,42-,43+,44+/m0/s1. The van der Waals surface area contributed by atoms with Crippen molar-refractivity contribution in [1.29, 1.82) is 0 Å². The van der Waals surface area contributed by atoms with Crippen LogP contribution in [0.3, 0.4) is 0 Å². The number of hydrogen-bond donors (Lipinski definition) is 7. The number of phosphoric acid groups is 2. The van der Waals surface area contributed by atoms with Gasteiger partial charge in [-0.3, -0.25) is 28.0 Å². The van der Waals surface area contributed by atoms with Crippen molar-refractivity contribution in [2.24, 2.45) is 17.8 Å². The molecule has 0 aliphatic carbocycles. The Labute approximate surface area is 399 Å². The second kappa shape index (κ2) is 30.7. The van der Waals surface area contributed by atoms with E-state index in [-0.39, 0.29) is 31.5 Å². The van der Waals surface area contributed by atoms with Gasteiger partial charge in [0.15, 0.2) is 6.10 Å². The lowest BCUT2D eigenvalue weighted by molar-refractivity contribution is -0.184. The average molecular weight is 1010 g/mol. The Morgan fingerprint density at radius 2 is 1.59 bits per heavy atom. The highest BCUT2D eigenvalue weighted by atomic mass is 31.3. The number of carbonyl (C=O) groups excluding carboxylic acids is 3. The molecule has 3 unspecified atom stereocenters. The van der Waals surface area contributed by atoms with Gasteiger partial charge in [0, 0.05) is 31.4 Å². The zero-order chi connectivity index (χ0) is 50.3. The van der Waals surface area contributed by atoms with Crippen molar-refractivity contribution in [2.45, 2.75) is 192 Å². The number of nitrogen functional groups attached to an aromatic ring is 1. The maximum atomic E-state index is 14.3. The maximum absolute atomic E-state index is 14.3. The Balaban J connectivity index is 1.88. The van der Waals surface area contributed by atoms with Crippen LogP contribution in [0.5, 0.6) is 0 Å². The van der Waals surface area contributed by atoms with Gasteiger partial charge in [0.05, 0.1) is 37.4 Å². The summed E-state index contributed by atoms with van der Waals surface area (Å²) in [6.07, 6.45) is 3.35. The predicted octanol–water partition coefficient (Wildman–Crippen LogP) is 5.72. The van der Waals surface area contributed by atoms with Gasteiger partial charge in [-0.15, -0.1) is 0 Å². The Morgan fingerprint density at radius 3 is 2.28 bits per heavy atom. The molecule has 0 aromatic carbocycles. The molecule has 2 bridgehead atoms. The molecule has 2 aliphatic heterocycles. The minimum absolute atomic E-state index is 0.00117. The highest BCUT2D eigenvalue weighted by Gasteiger charge is 2.45. The van der Waals surface area contributed by atoms with Gasteiger partial charge in [0.25, 0.3) is 0 Å². The molecule has 21 nitrogen and oxygen atoms in total. The minimum Gasteiger partial charge on any atom is -0.462 e. The van der Waals surface area contributed by atoms with E-state index in [2.05, 4.69) is 23.1 Å². The first-order valence-corrected chi connectivity index (χ1v) is 27.2. The SMILES string of the molecule is CCCCC[C@H](O)/C=C\[C@@H]1[C@H](O)[C@H](O)[C@H]2COP(=O)(O)OP(=O)(O)OC[C@@H](COC(=O)CCCCCCCCC(C)CC)OC(=O)CCCCCC[C@@H](C(=O)C[C@H]1O)[C@H](n1ccc(N)nc1=O)O2. The number of ketones is 1. The maximum Gasteiger partial charge on any atom is 0.481 e. The van der Waals surface area contributed by atoms with Crippen molar-refractivity contribution in [3.05, 3.63) is 34.9 Å². The van der Waals surface area contributed by atoms with Gasteiger partial charge in [-0.25, -0.2) is 13.9 Å². The Bertz CT molecular complexity index is 1870. The Kier molecular flexibility index (Phi) is 26.9. The Hall–Kier alpha value is -2.91. The number of cyclic esters (lactones) is 1. The third-order valence-electron chi connectivity index (χ3n) is 12.3. The van der Waals surface area contributed by atoms with Crippen molar-refractivity contribution in [3.8, 4) is 0 Å². The van der Waals surface area contributed by atoms with Gasteiger partial charge in [-0.05, 0) is 37.7 Å². The molecule has 2 saturated heterocycles. The highest BCUT2D eigenvalue weighted by molar-refractivity contribution is 7.61. The van der Waals surface area contributed by atoms with E-state index in [1.54, 1.807) is 0 Å². The van der Waals surface area contributed by atoms with Crippen LogP contribution in [0, 0.1) is 17.8 Å². The molecule has 3 rings (SSSR count). The number of nitrogens with zero attached hydrogens (tertiary/aromatic N) is 2. The predicted molar refractivity (Wildman–Crippen MR) is 248 cm³/mol. The van der Waals surface area contributed by atoms with E-state index < -0.39 is 120 Å². The molecule has 23 heteroatoms. The number of aromatic nitrogens is 2. The molecule has 1 aromatic rings. The van der Waals surface area contributed by atoms with Crippen LogP contribution in [-0.2, 0) is 51.1 Å². The molecule has 8 N–H and O–H groups in total. The molecular formula is C45H77N3O18P2. The molecule has 0 saturated carbocycles. The number of Topliss-reactive ketones (excluding diaryl/α,β-unsaturated/α-hetero) is 1. The van der Waals surface area contributed by atoms with Gasteiger partial charge < -0.3 is 50.2 Å². The molecule has 2 fully saturated rings. The van der Waals surface area contributed by atoms with Crippen molar-refractivity contribution in [1.82, 2.24) is 9.55 Å². The van der Waals surface area contributed by atoms with Crippen LogP contribution >= 0.6 is 15.6 Å². The number of esters is 2. The molecular weight excluding hydrogens is 932 g/mol. The van der Waals surface area contributed by atoms with E-state index >= 15 is 0 Å². The summed E-state index contributed by atoms with van der Waals surface area (Å²) >= 11 is 0. The fourth-order valence-electron chi connectivity index (χ4n) is 8.00. The summed E-state index contributed by atoms with van der Waals surface area (Å²) in [5.74, 6) is -4.21. The van der Waals surface area contributed by atoms with Crippen LogP contribution in [0.2, 0.25) is 0 Å². The van der Waals surface area contributed by atoms with Crippen LogP contribution < -0.4 is 11.4 Å². The number of fused-ring (bicyclic) bond motifs is 3. The highest BCUT2D eigenvalue weighted by Crippen LogP contribution is 2.60. The van der Waals surface area contributed by atoms with E-state index in [1.165, 1.54) is 30.8 Å². The first-order chi connectivity index (χ1) is 32.3. The molecule has 2 aliphatic rings. The summed E-state index contributed by atoms with van der Waals surface area (Å²) in [4.78, 5) is 78.1. The zero-order valence-electron chi connectivity index (χ0n) is 39.8. The lowest BCUT2D eigenvalue weighted by atomic mass is 9.83. The van der Waals surface area contributed by atoms with Crippen LogP contribution in [0.15, 0.2) is 29.2 Å². The summed E-state index contributed by atoms with van der Waals surface area (Å²) in [5, 5.41) is 45.4. The molecule has 12 atom stereocenters. The van der Waals surface area contributed by atoms with Crippen LogP contribution in [0.25, 0.3) is 0 Å². The number of anilines is 1. The fraction of sp³-hybridized carbons (Fsp3) is 0.800. The molecule has 3 heterocycles. The summed E-state index contributed by atoms with van der Waals surface area (Å²) in [6, 6.07) is 1.23. The number of aliphatic hydroxyl groups is 4. The van der Waals surface area contributed by atoms with Crippen molar-refractivity contribution < 1.29 is 81.3 Å². The van der Waals surface area contributed by atoms with E-state index in [1.807, 2.05) is 6.92 Å². The quantitative estimate of drug-likeness (QED) is 0.0377. The van der Waals surface area contributed by atoms with Gasteiger partial charge in [0.2, 0.25) is 0 Å². The van der Waals surface area contributed by atoms with E-state index in [0.29, 0.717) is 44.4 Å². The fourth-order valence-corrected chi connectivity index (χ4v) is 10.1. The van der Waals surface area contributed by atoms with E-state index in [4.69, 9.17) is 29.0 Å². The van der Waals surface area contributed by atoms with E-state index in [0.717, 1.165) is 55.9 Å². The van der Waals surface area contributed by atoms with Gasteiger partial charge in [0.1, 0.15) is 36.6 Å². The molecule has 68 heavy (non-hydrogen) atoms. The zero-order valence-corrected chi connectivity index (χ0v) is 41.6. The van der Waals surface area contributed by atoms with Gasteiger partial charge in [-0.2, -0.15) is 9.29 Å². The second-order valence-electron chi connectivity index (χ2n) is 18.0. The van der Waals surface area contributed by atoms with Crippen LogP contribution in [0.1, 0.15) is 155 Å². The summed E-state index contributed by atoms with van der Waals surface area (Å²) in [7, 11) is -11.3. The van der Waals surface area contributed by atoms with Crippen molar-refractivity contribution in [3.63, 3.8) is 0 Å². The normalized spacial score (nSPS) is 30.9. The molecule has 390 valence electrons. The second-order valence-corrected chi connectivity index (χ2v) is 21.0. The number of ether oxygens (including phenoxy) is 3. The Morgan fingerprint density at radius 1 is 0.926 bits per heavy atom. The van der Waals surface area contributed by atoms with E-state index in [9.17, 15) is 58.5 Å². The average Bonchev–Trinajstić information content (AvgIpc) is 3.27. The van der Waals surface area contributed by atoms with Gasteiger partial charge >= 0.3 is 33.3 Å². The topological polar surface area (TPSA) is 323 Å². The number of hydrogen-bond acceptors (Lipinski definition) is 18. The van der Waals surface area contributed by atoms with Crippen molar-refractivity contribution >= 4 is 39.2 Å². The summed E-state index contributed by atoms with van der Waals surface area (Å²) < 4.78 is 58.7. The smallest absolute Gasteiger partial charge is 0.462 e. The minimum atomic E-state index is -5.70.